The number of allylic oxidation sites excluding steroid dienone is 1. The molecular weight excluding hydrogens is 347 g/mol. The summed E-state index contributed by atoms with van der Waals surface area (Å²) in [7, 11) is 1.24. The number of hydrogen-bond acceptors (Lipinski definition) is 0. The lowest BCUT2D eigenvalue weighted by molar-refractivity contribution is 0.241. The van der Waals surface area contributed by atoms with E-state index in [0.717, 1.165) is 35.5 Å². The lowest BCUT2D eigenvalue weighted by Crippen LogP contribution is -2.23. The maximum atomic E-state index is 4.11. The number of hydrogen-bond donors (Lipinski definition) is 0. The van der Waals surface area contributed by atoms with Crippen molar-refractivity contribution < 1.29 is 0 Å². The van der Waals surface area contributed by atoms with Crippen LogP contribution in [0.2, 0.25) is 6.32 Å². The summed E-state index contributed by atoms with van der Waals surface area (Å²) in [4.78, 5) is 0. The minimum absolute atomic E-state index is 0.779. The van der Waals surface area contributed by atoms with Gasteiger partial charge < -0.3 is 0 Å². The lowest BCUT2D eigenvalue weighted by Gasteiger charge is -2.32. The smallest absolute Gasteiger partial charge is 0.103 e. The van der Waals surface area contributed by atoms with E-state index in [1.165, 1.54) is 71.4 Å². The van der Waals surface area contributed by atoms with Crippen molar-refractivity contribution in [1.82, 2.24) is 0 Å². The Morgan fingerprint density at radius 1 is 1.10 bits per heavy atom. The molecule has 1 heteroatoms. The van der Waals surface area contributed by atoms with Gasteiger partial charge in [0.15, 0.2) is 7.28 Å². The van der Waals surface area contributed by atoms with Crippen molar-refractivity contribution in [3.05, 3.63) is 42.0 Å². The Morgan fingerprint density at radius 3 is 2.62 bits per heavy atom. The zero-order valence-electron chi connectivity index (χ0n) is 19.8. The first-order valence-corrected chi connectivity index (χ1v) is 12.8. The Balaban J connectivity index is 1.79. The first-order chi connectivity index (χ1) is 14.0. The molecule has 3 rings (SSSR count). The van der Waals surface area contributed by atoms with E-state index in [0.29, 0.717) is 0 Å². The molecule has 0 aromatic heterocycles. The summed E-state index contributed by atoms with van der Waals surface area (Å²) in [5.74, 6) is 5.03. The first-order valence-electron chi connectivity index (χ1n) is 12.8. The zero-order valence-corrected chi connectivity index (χ0v) is 19.8. The van der Waals surface area contributed by atoms with Crippen molar-refractivity contribution in [3.8, 4) is 0 Å². The quantitative estimate of drug-likeness (QED) is 0.322. The van der Waals surface area contributed by atoms with Gasteiger partial charge in [0.2, 0.25) is 0 Å². The van der Waals surface area contributed by atoms with E-state index in [1.807, 2.05) is 0 Å². The van der Waals surface area contributed by atoms with E-state index < -0.39 is 0 Å². The predicted molar refractivity (Wildman–Crippen MR) is 132 cm³/mol. The second kappa shape index (κ2) is 10.9. The summed E-state index contributed by atoms with van der Waals surface area (Å²) in [6, 6.07) is 7.55. The molecule has 29 heavy (non-hydrogen) atoms. The van der Waals surface area contributed by atoms with E-state index >= 15 is 0 Å². The van der Waals surface area contributed by atoms with Crippen LogP contribution in [0.15, 0.2) is 30.9 Å². The second-order valence-corrected chi connectivity index (χ2v) is 10.7. The Morgan fingerprint density at radius 2 is 1.90 bits per heavy atom. The molecule has 1 saturated carbocycles. The van der Waals surface area contributed by atoms with Crippen molar-refractivity contribution >= 4 is 12.7 Å². The van der Waals surface area contributed by atoms with Gasteiger partial charge in [0.05, 0.1) is 0 Å². The maximum absolute atomic E-state index is 4.11. The first kappa shape index (κ1) is 22.7. The summed E-state index contributed by atoms with van der Waals surface area (Å²) < 4.78 is 0. The predicted octanol–water partition coefficient (Wildman–Crippen LogP) is 7.29. The van der Waals surface area contributed by atoms with E-state index in [2.05, 4.69) is 58.5 Å². The molecule has 0 nitrogen and oxygen atoms in total. The largest absolute Gasteiger partial charge is 0.157 e. The average Bonchev–Trinajstić information content (AvgIpc) is 3.04. The molecule has 2 aliphatic rings. The fraction of sp³-hybridized carbons (Fsp3) is 0.714. The molecule has 160 valence electrons. The van der Waals surface area contributed by atoms with Gasteiger partial charge in [0, 0.05) is 0 Å². The van der Waals surface area contributed by atoms with E-state index in [-0.39, 0.29) is 0 Å². The Hall–Kier alpha value is -0.975. The van der Waals surface area contributed by atoms with Gasteiger partial charge in [-0.1, -0.05) is 95.9 Å². The maximum Gasteiger partial charge on any atom is 0.157 e. The van der Waals surface area contributed by atoms with Gasteiger partial charge in [-0.15, -0.1) is 6.58 Å². The Bertz CT molecular complexity index is 646. The zero-order chi connectivity index (χ0) is 20.8. The molecule has 0 radical (unpaired) electrons. The average molecular weight is 392 g/mol. The van der Waals surface area contributed by atoms with E-state index in [4.69, 9.17) is 0 Å². The molecule has 5 atom stereocenters. The Labute approximate surface area is 182 Å². The SMILES string of the molecule is C=CCC1Cc2ccc(BCC(C)C(C)C)cc2C1C1CCCCC(CC)CC1. The molecule has 0 saturated heterocycles. The van der Waals surface area contributed by atoms with Crippen LogP contribution < -0.4 is 5.46 Å². The topological polar surface area (TPSA) is 0 Å². The molecule has 5 unspecified atom stereocenters. The molecule has 0 heterocycles. The van der Waals surface area contributed by atoms with Crippen LogP contribution in [0.5, 0.6) is 0 Å². The van der Waals surface area contributed by atoms with Crippen LogP contribution in [0, 0.1) is 29.6 Å². The van der Waals surface area contributed by atoms with Crippen molar-refractivity contribution in [1.29, 1.82) is 0 Å². The minimum atomic E-state index is 0.779. The molecule has 0 amide bonds. The van der Waals surface area contributed by atoms with Gasteiger partial charge >= 0.3 is 0 Å². The second-order valence-electron chi connectivity index (χ2n) is 10.7. The van der Waals surface area contributed by atoms with Crippen LogP contribution in [0.1, 0.15) is 96.1 Å². The van der Waals surface area contributed by atoms with Crippen molar-refractivity contribution in [3.63, 3.8) is 0 Å². The highest BCUT2D eigenvalue weighted by molar-refractivity contribution is 6.53. The van der Waals surface area contributed by atoms with Gasteiger partial charge in [-0.25, -0.2) is 0 Å². The molecule has 0 aliphatic heterocycles. The number of benzene rings is 1. The summed E-state index contributed by atoms with van der Waals surface area (Å²) in [6.07, 6.45) is 16.1. The van der Waals surface area contributed by atoms with Crippen molar-refractivity contribution in [2.75, 3.05) is 0 Å². The summed E-state index contributed by atoms with van der Waals surface area (Å²) >= 11 is 0. The number of rotatable bonds is 8. The molecule has 2 aliphatic carbocycles. The van der Waals surface area contributed by atoms with E-state index in [1.54, 1.807) is 16.6 Å². The third-order valence-electron chi connectivity index (χ3n) is 8.52. The molecular formula is C28H45B. The van der Waals surface area contributed by atoms with Gasteiger partial charge in [0.1, 0.15) is 0 Å². The molecule has 1 aromatic rings. The molecule has 0 N–H and O–H groups in total. The highest BCUT2D eigenvalue weighted by Crippen LogP contribution is 2.48. The van der Waals surface area contributed by atoms with Crippen LogP contribution in [0.25, 0.3) is 0 Å². The van der Waals surface area contributed by atoms with Gasteiger partial charge in [-0.3, -0.25) is 0 Å². The van der Waals surface area contributed by atoms with Gasteiger partial charge in [-0.05, 0) is 72.3 Å². The third-order valence-corrected chi connectivity index (χ3v) is 8.52. The van der Waals surface area contributed by atoms with Crippen LogP contribution in [0.3, 0.4) is 0 Å². The summed E-state index contributed by atoms with van der Waals surface area (Å²) in [5.41, 5.74) is 4.96. The monoisotopic (exact) mass is 392 g/mol. The molecule has 0 spiro atoms. The molecule has 0 bridgehead atoms. The fourth-order valence-electron chi connectivity index (χ4n) is 6.12. The van der Waals surface area contributed by atoms with Crippen molar-refractivity contribution in [2.24, 2.45) is 29.6 Å². The fourth-order valence-corrected chi connectivity index (χ4v) is 6.12. The highest BCUT2D eigenvalue weighted by Gasteiger charge is 2.37. The minimum Gasteiger partial charge on any atom is -0.103 e. The third kappa shape index (κ3) is 5.80. The Kier molecular flexibility index (Phi) is 8.51. The van der Waals surface area contributed by atoms with Gasteiger partial charge in [-0.2, -0.15) is 0 Å². The van der Waals surface area contributed by atoms with Crippen LogP contribution in [-0.2, 0) is 6.42 Å². The normalized spacial score (nSPS) is 28.4. The van der Waals surface area contributed by atoms with E-state index in [9.17, 15) is 0 Å². The summed E-state index contributed by atoms with van der Waals surface area (Å²) in [5, 5.41) is 0. The number of fused-ring (bicyclic) bond motifs is 1. The van der Waals surface area contributed by atoms with Gasteiger partial charge in [0.25, 0.3) is 0 Å². The van der Waals surface area contributed by atoms with Crippen LogP contribution in [-0.4, -0.2) is 7.28 Å². The lowest BCUT2D eigenvalue weighted by atomic mass is 9.61. The molecule has 1 fully saturated rings. The van der Waals surface area contributed by atoms with Crippen LogP contribution in [0.4, 0.5) is 0 Å². The summed E-state index contributed by atoms with van der Waals surface area (Å²) in [6.45, 7) is 13.6. The van der Waals surface area contributed by atoms with Crippen molar-refractivity contribution in [2.45, 2.75) is 97.7 Å². The standard InChI is InChI=1S/C28H45B/c1-6-10-25-17-24-15-16-26(29-19-21(5)20(3)4)18-27(24)28(25)23-12-9-8-11-22(7-2)13-14-23/h6,15-16,18,20-23,25,28-29H,1,7-14,17,19H2,2-5H3. The molecule has 1 aromatic carbocycles. The van der Waals surface area contributed by atoms with Crippen LogP contribution >= 0.6 is 0 Å². The highest BCUT2D eigenvalue weighted by atomic mass is 14.4.